The molecule has 160 valence electrons. The summed E-state index contributed by atoms with van der Waals surface area (Å²) in [6, 6.07) is 6.74. The molecule has 0 radical (unpaired) electrons. The number of β-lactam (4-membered cyclic amide) rings is 1. The summed E-state index contributed by atoms with van der Waals surface area (Å²) >= 11 is 0. The lowest BCUT2D eigenvalue weighted by Crippen LogP contribution is -2.65. The second kappa shape index (κ2) is 7.51. The molecule has 1 fully saturated rings. The Hall–Kier alpha value is -3.17. The van der Waals surface area contributed by atoms with Gasteiger partial charge in [-0.25, -0.2) is 0 Å². The average molecular weight is 434 g/mol. The van der Waals surface area contributed by atoms with E-state index < -0.39 is 37.2 Å². The van der Waals surface area contributed by atoms with Crippen molar-refractivity contribution in [1.82, 2.24) is 5.32 Å². The molecule has 3 atom stereocenters. The van der Waals surface area contributed by atoms with Gasteiger partial charge in [0.15, 0.2) is 8.32 Å². The summed E-state index contributed by atoms with van der Waals surface area (Å²) in [5.41, 5.74) is -3.73. The predicted octanol–water partition coefficient (Wildman–Crippen LogP) is 3.63. The summed E-state index contributed by atoms with van der Waals surface area (Å²) in [6.45, 7) is 20.1. The maximum absolute atomic E-state index is 12.5. The number of allylic oxidation sites excluding steroid dienone is 2. The Kier molecular flexibility index (Phi) is 5.84. The SMILES string of the molecule is C=C1C=C([C@H]2NC(=O)[C@@H]2[C@H](C)O[Si](C)(C)C(C)(C)C)C(=C)C(C#N)(C#N)C1(C#N)C#N. The van der Waals surface area contributed by atoms with Gasteiger partial charge in [0.25, 0.3) is 0 Å². The van der Waals surface area contributed by atoms with Gasteiger partial charge in [-0.15, -0.1) is 0 Å². The zero-order chi connectivity index (χ0) is 24.0. The number of hydrogen-bond acceptors (Lipinski definition) is 6. The molecule has 1 saturated heterocycles. The molecule has 0 saturated carbocycles. The minimum Gasteiger partial charge on any atom is -0.413 e. The molecule has 0 aromatic carbocycles. The van der Waals surface area contributed by atoms with Gasteiger partial charge in [-0.1, -0.05) is 40.0 Å². The van der Waals surface area contributed by atoms with Crippen molar-refractivity contribution in [3.05, 3.63) is 36.0 Å². The standard InChI is InChI=1S/C23H27N5O2Si/c1-14-9-17(15(2)23(12-26,13-27)22(14,10-24)11-25)19-18(20(29)28-19)16(3)30-31(7,8)21(4,5)6/h9,16,18-19H,1-2H2,3-8H3,(H,28,29)/t16-,18+,19+/m0/s1. The quantitative estimate of drug-likeness (QED) is 0.531. The van der Waals surface area contributed by atoms with Crippen LogP contribution in [0.1, 0.15) is 27.7 Å². The molecule has 8 heteroatoms. The van der Waals surface area contributed by atoms with Crippen LogP contribution >= 0.6 is 0 Å². The second-order valence-electron chi connectivity index (χ2n) is 9.65. The zero-order valence-electron chi connectivity index (χ0n) is 18.8. The molecule has 0 aromatic heterocycles. The van der Waals surface area contributed by atoms with Gasteiger partial charge >= 0.3 is 0 Å². The maximum atomic E-state index is 12.5. The minimum atomic E-state index is -2.16. The Bertz CT molecular complexity index is 1020. The first-order valence-corrected chi connectivity index (χ1v) is 12.8. The van der Waals surface area contributed by atoms with Gasteiger partial charge in [0.1, 0.15) is 0 Å². The van der Waals surface area contributed by atoms with Gasteiger partial charge in [-0.05, 0) is 41.8 Å². The summed E-state index contributed by atoms with van der Waals surface area (Å²) in [4.78, 5) is 12.5. The largest absolute Gasteiger partial charge is 0.413 e. The van der Waals surface area contributed by atoms with E-state index in [1.165, 1.54) is 6.08 Å². The first-order chi connectivity index (χ1) is 14.2. The van der Waals surface area contributed by atoms with E-state index >= 15 is 0 Å². The van der Waals surface area contributed by atoms with Crippen LogP contribution in [0.4, 0.5) is 0 Å². The van der Waals surface area contributed by atoms with Gasteiger partial charge < -0.3 is 9.74 Å². The van der Waals surface area contributed by atoms with Gasteiger partial charge in [0.2, 0.25) is 16.7 Å². The molecule has 0 spiro atoms. The lowest BCUT2D eigenvalue weighted by atomic mass is 9.53. The topological polar surface area (TPSA) is 133 Å². The summed E-state index contributed by atoms with van der Waals surface area (Å²) in [7, 11) is -2.16. The zero-order valence-corrected chi connectivity index (χ0v) is 19.8. The van der Waals surface area contributed by atoms with Crippen LogP contribution in [0.5, 0.6) is 0 Å². The van der Waals surface area contributed by atoms with Crippen molar-refractivity contribution in [2.45, 2.75) is 58.0 Å². The Morgan fingerprint density at radius 2 is 1.58 bits per heavy atom. The summed E-state index contributed by atoms with van der Waals surface area (Å²) < 4.78 is 6.41. The van der Waals surface area contributed by atoms with Crippen molar-refractivity contribution in [3.63, 3.8) is 0 Å². The van der Waals surface area contributed by atoms with Crippen LogP contribution in [-0.2, 0) is 9.22 Å². The molecule has 1 amide bonds. The van der Waals surface area contributed by atoms with Crippen LogP contribution in [0.2, 0.25) is 18.1 Å². The highest BCUT2D eigenvalue weighted by Crippen LogP contribution is 2.55. The number of nitriles is 4. The Balaban J connectivity index is 2.51. The molecule has 1 N–H and O–H groups in total. The summed E-state index contributed by atoms with van der Waals surface area (Å²) in [5, 5.41) is 42.0. The van der Waals surface area contributed by atoms with Crippen LogP contribution in [0.3, 0.4) is 0 Å². The Morgan fingerprint density at radius 1 is 1.10 bits per heavy atom. The average Bonchev–Trinajstić information content (AvgIpc) is 2.66. The molecular formula is C23H27N5O2Si. The fourth-order valence-corrected chi connectivity index (χ4v) is 5.30. The van der Waals surface area contributed by atoms with Crippen LogP contribution in [-0.4, -0.2) is 26.4 Å². The van der Waals surface area contributed by atoms with E-state index in [0.717, 1.165) is 0 Å². The first kappa shape index (κ1) is 24.1. The molecular weight excluding hydrogens is 406 g/mol. The lowest BCUT2D eigenvalue weighted by molar-refractivity contribution is -0.138. The molecule has 0 unspecified atom stereocenters. The lowest BCUT2D eigenvalue weighted by Gasteiger charge is -2.48. The molecule has 7 nitrogen and oxygen atoms in total. The molecule has 1 aliphatic carbocycles. The van der Waals surface area contributed by atoms with Crippen molar-refractivity contribution >= 4 is 14.2 Å². The highest BCUT2D eigenvalue weighted by molar-refractivity contribution is 6.74. The van der Waals surface area contributed by atoms with Crippen LogP contribution < -0.4 is 5.32 Å². The van der Waals surface area contributed by atoms with Crippen molar-refractivity contribution in [1.29, 1.82) is 21.0 Å². The highest BCUT2D eigenvalue weighted by atomic mass is 28.4. The van der Waals surface area contributed by atoms with Crippen LogP contribution in [0.25, 0.3) is 0 Å². The maximum Gasteiger partial charge on any atom is 0.228 e. The van der Waals surface area contributed by atoms with Crippen molar-refractivity contribution in [3.8, 4) is 24.3 Å². The van der Waals surface area contributed by atoms with Crippen molar-refractivity contribution < 1.29 is 9.22 Å². The Labute approximate surface area is 185 Å². The first-order valence-electron chi connectivity index (χ1n) is 9.93. The van der Waals surface area contributed by atoms with E-state index in [1.54, 1.807) is 0 Å². The van der Waals surface area contributed by atoms with E-state index in [-0.39, 0.29) is 22.1 Å². The van der Waals surface area contributed by atoms with Crippen molar-refractivity contribution in [2.24, 2.45) is 16.7 Å². The van der Waals surface area contributed by atoms with Crippen molar-refractivity contribution in [2.75, 3.05) is 0 Å². The molecule has 0 aromatic rings. The number of nitrogens with zero attached hydrogens (tertiary/aromatic N) is 4. The summed E-state index contributed by atoms with van der Waals surface area (Å²) in [6.07, 6.45) is 1.08. The van der Waals surface area contributed by atoms with E-state index in [4.69, 9.17) is 4.43 Å². The third kappa shape index (κ3) is 3.21. The van der Waals surface area contributed by atoms with Crippen LogP contribution in [0, 0.1) is 62.1 Å². The van der Waals surface area contributed by atoms with Gasteiger partial charge in [0.05, 0.1) is 42.3 Å². The number of nitrogens with one attached hydrogen (secondary N) is 1. The molecule has 1 aliphatic heterocycles. The van der Waals surface area contributed by atoms with E-state index in [2.05, 4.69) is 52.3 Å². The number of hydrogen-bond donors (Lipinski definition) is 1. The third-order valence-electron chi connectivity index (χ3n) is 6.93. The smallest absolute Gasteiger partial charge is 0.228 e. The molecule has 2 rings (SSSR count). The monoisotopic (exact) mass is 433 g/mol. The molecule has 2 aliphatic rings. The molecule has 0 bridgehead atoms. The number of amides is 1. The van der Waals surface area contributed by atoms with Gasteiger partial charge in [-0.3, -0.25) is 4.79 Å². The number of carbonyl (C=O) groups excluding carboxylic acids is 1. The van der Waals surface area contributed by atoms with Gasteiger partial charge in [-0.2, -0.15) is 21.0 Å². The van der Waals surface area contributed by atoms with E-state index in [1.807, 2.05) is 31.2 Å². The Morgan fingerprint density at radius 3 is 1.97 bits per heavy atom. The van der Waals surface area contributed by atoms with E-state index in [9.17, 15) is 25.8 Å². The molecule has 1 heterocycles. The van der Waals surface area contributed by atoms with Crippen LogP contribution in [0.15, 0.2) is 36.0 Å². The summed E-state index contributed by atoms with van der Waals surface area (Å²) in [5.74, 6) is -0.760. The van der Waals surface area contributed by atoms with Gasteiger partial charge in [0, 0.05) is 0 Å². The number of rotatable bonds is 4. The number of carbonyl (C=O) groups is 1. The predicted molar refractivity (Wildman–Crippen MR) is 117 cm³/mol. The van der Waals surface area contributed by atoms with E-state index in [0.29, 0.717) is 5.57 Å². The molecule has 31 heavy (non-hydrogen) atoms. The second-order valence-corrected chi connectivity index (χ2v) is 14.4. The highest BCUT2D eigenvalue weighted by Gasteiger charge is 2.63. The fraction of sp³-hybridized carbons (Fsp3) is 0.522. The normalized spacial score (nSPS) is 25.5. The minimum absolute atomic E-state index is 0.0286. The third-order valence-corrected chi connectivity index (χ3v) is 11.5. The fourth-order valence-electron chi connectivity index (χ4n) is 3.87.